The van der Waals surface area contributed by atoms with E-state index < -0.39 is 18.0 Å². The Morgan fingerprint density at radius 1 is 1.50 bits per heavy atom. The van der Waals surface area contributed by atoms with Crippen molar-refractivity contribution in [1.29, 1.82) is 0 Å². The molecule has 0 spiro atoms. The van der Waals surface area contributed by atoms with Crippen LogP contribution in [0.3, 0.4) is 0 Å². The van der Waals surface area contributed by atoms with Crippen molar-refractivity contribution in [2.75, 3.05) is 13.1 Å². The summed E-state index contributed by atoms with van der Waals surface area (Å²) >= 11 is 0. The first-order valence-electron chi connectivity index (χ1n) is 3.31. The molecule has 0 bridgehead atoms. The molecule has 1 fully saturated rings. The molecule has 2 atom stereocenters. The Labute approximate surface area is 58.9 Å². The second-order valence-electron chi connectivity index (χ2n) is 2.58. The summed E-state index contributed by atoms with van der Waals surface area (Å²) < 4.78 is 0. The molecule has 0 unspecified atom stereocenters. The molecular weight excluding hydrogens is 134 g/mol. The van der Waals surface area contributed by atoms with Crippen LogP contribution in [0.1, 0.15) is 6.42 Å². The SMILES string of the molecule is O=C(O)[C@H]1CNC[C@@H](O)C1. The quantitative estimate of drug-likeness (QED) is 0.444. The van der Waals surface area contributed by atoms with Gasteiger partial charge in [-0.15, -0.1) is 0 Å². The number of carboxylic acid groups (broad SMARTS) is 1. The van der Waals surface area contributed by atoms with Gasteiger partial charge in [-0.05, 0) is 6.42 Å². The number of carboxylic acids is 1. The van der Waals surface area contributed by atoms with Crippen molar-refractivity contribution < 1.29 is 15.0 Å². The molecular formula is C6H11NO3. The third-order valence-corrected chi connectivity index (χ3v) is 1.68. The van der Waals surface area contributed by atoms with Gasteiger partial charge >= 0.3 is 5.97 Å². The molecule has 1 saturated heterocycles. The van der Waals surface area contributed by atoms with Crippen LogP contribution in [0.15, 0.2) is 0 Å². The van der Waals surface area contributed by atoms with Gasteiger partial charge in [-0.3, -0.25) is 4.79 Å². The fourth-order valence-electron chi connectivity index (χ4n) is 1.11. The fraction of sp³-hybridized carbons (Fsp3) is 0.833. The summed E-state index contributed by atoms with van der Waals surface area (Å²) in [5.41, 5.74) is 0. The van der Waals surface area contributed by atoms with Crippen molar-refractivity contribution in [2.45, 2.75) is 12.5 Å². The van der Waals surface area contributed by atoms with Crippen LogP contribution >= 0.6 is 0 Å². The van der Waals surface area contributed by atoms with Crippen LogP contribution < -0.4 is 5.32 Å². The van der Waals surface area contributed by atoms with Crippen LogP contribution in [-0.4, -0.2) is 35.4 Å². The predicted octanol–water partition coefficient (Wildman–Crippen LogP) is -0.959. The van der Waals surface area contributed by atoms with E-state index in [9.17, 15) is 4.79 Å². The summed E-state index contributed by atoms with van der Waals surface area (Å²) in [7, 11) is 0. The summed E-state index contributed by atoms with van der Waals surface area (Å²) in [6, 6.07) is 0. The number of β-amino-alcohol motifs (C(OH)–C–C–N with tert-alkyl or cyclic N) is 1. The van der Waals surface area contributed by atoms with Gasteiger partial charge in [0.2, 0.25) is 0 Å². The number of carbonyl (C=O) groups is 1. The minimum absolute atomic E-state index is 0.377. The Morgan fingerprint density at radius 2 is 2.20 bits per heavy atom. The van der Waals surface area contributed by atoms with E-state index >= 15 is 0 Å². The first-order chi connectivity index (χ1) is 4.70. The van der Waals surface area contributed by atoms with Gasteiger partial charge in [0.1, 0.15) is 0 Å². The normalized spacial score (nSPS) is 33.7. The fourth-order valence-corrected chi connectivity index (χ4v) is 1.11. The molecule has 58 valence electrons. The Balaban J connectivity index is 2.39. The van der Waals surface area contributed by atoms with Crippen LogP contribution in [0, 0.1) is 5.92 Å². The van der Waals surface area contributed by atoms with E-state index in [0.29, 0.717) is 19.5 Å². The molecule has 0 amide bonds. The molecule has 10 heavy (non-hydrogen) atoms. The number of aliphatic carboxylic acids is 1. The predicted molar refractivity (Wildman–Crippen MR) is 34.6 cm³/mol. The Kier molecular flexibility index (Phi) is 2.24. The molecule has 1 rings (SSSR count). The van der Waals surface area contributed by atoms with E-state index in [1.807, 2.05) is 0 Å². The number of piperidine rings is 1. The lowest BCUT2D eigenvalue weighted by molar-refractivity contribution is -0.143. The molecule has 4 nitrogen and oxygen atoms in total. The standard InChI is InChI=1S/C6H11NO3/c8-5-1-4(6(9)10)2-7-3-5/h4-5,7-8H,1-3H2,(H,9,10)/t4-,5+/m1/s1. The number of aliphatic hydroxyl groups is 1. The maximum atomic E-state index is 10.3. The molecule has 1 heterocycles. The van der Waals surface area contributed by atoms with E-state index in [1.54, 1.807) is 0 Å². The maximum absolute atomic E-state index is 10.3. The Morgan fingerprint density at radius 3 is 2.60 bits per heavy atom. The lowest BCUT2D eigenvalue weighted by Crippen LogP contribution is -2.42. The molecule has 0 aromatic heterocycles. The lowest BCUT2D eigenvalue weighted by Gasteiger charge is -2.23. The molecule has 0 aromatic carbocycles. The highest BCUT2D eigenvalue weighted by atomic mass is 16.4. The van der Waals surface area contributed by atoms with Crippen LogP contribution in [0.5, 0.6) is 0 Å². The zero-order valence-corrected chi connectivity index (χ0v) is 5.58. The Hall–Kier alpha value is -0.610. The van der Waals surface area contributed by atoms with Gasteiger partial charge in [-0.25, -0.2) is 0 Å². The number of rotatable bonds is 1. The zero-order valence-electron chi connectivity index (χ0n) is 5.58. The molecule has 0 aromatic rings. The number of nitrogens with one attached hydrogen (secondary N) is 1. The maximum Gasteiger partial charge on any atom is 0.307 e. The first kappa shape index (κ1) is 7.50. The van der Waals surface area contributed by atoms with Gasteiger partial charge < -0.3 is 15.5 Å². The van der Waals surface area contributed by atoms with Crippen LogP contribution in [-0.2, 0) is 4.79 Å². The second-order valence-corrected chi connectivity index (χ2v) is 2.58. The van der Waals surface area contributed by atoms with E-state index in [2.05, 4.69) is 5.32 Å². The lowest BCUT2D eigenvalue weighted by atomic mass is 9.98. The van der Waals surface area contributed by atoms with Gasteiger partial charge in [0, 0.05) is 13.1 Å². The van der Waals surface area contributed by atoms with Crippen molar-refractivity contribution in [3.05, 3.63) is 0 Å². The van der Waals surface area contributed by atoms with Crippen molar-refractivity contribution in [1.82, 2.24) is 5.32 Å². The van der Waals surface area contributed by atoms with Gasteiger partial charge in [0.25, 0.3) is 0 Å². The molecule has 3 N–H and O–H groups in total. The zero-order chi connectivity index (χ0) is 7.56. The Bertz CT molecular complexity index is 137. The van der Waals surface area contributed by atoms with E-state index in [0.717, 1.165) is 0 Å². The molecule has 0 saturated carbocycles. The smallest absolute Gasteiger partial charge is 0.307 e. The van der Waals surface area contributed by atoms with Crippen LogP contribution in [0.2, 0.25) is 0 Å². The van der Waals surface area contributed by atoms with Gasteiger partial charge in [0.15, 0.2) is 0 Å². The topological polar surface area (TPSA) is 69.6 Å². The first-order valence-corrected chi connectivity index (χ1v) is 3.31. The van der Waals surface area contributed by atoms with Gasteiger partial charge in [0.05, 0.1) is 12.0 Å². The van der Waals surface area contributed by atoms with Crippen molar-refractivity contribution >= 4 is 5.97 Å². The molecule has 0 aliphatic carbocycles. The highest BCUT2D eigenvalue weighted by molar-refractivity contribution is 5.70. The average molecular weight is 145 g/mol. The summed E-state index contributed by atoms with van der Waals surface area (Å²) in [6.45, 7) is 0.996. The molecule has 1 aliphatic rings. The van der Waals surface area contributed by atoms with Gasteiger partial charge in [-0.1, -0.05) is 0 Å². The third-order valence-electron chi connectivity index (χ3n) is 1.68. The minimum Gasteiger partial charge on any atom is -0.481 e. The highest BCUT2D eigenvalue weighted by Crippen LogP contribution is 2.09. The van der Waals surface area contributed by atoms with Gasteiger partial charge in [-0.2, -0.15) is 0 Å². The summed E-state index contributed by atoms with van der Waals surface area (Å²) in [5, 5.41) is 20.3. The monoisotopic (exact) mass is 145 g/mol. The molecule has 1 aliphatic heterocycles. The van der Waals surface area contributed by atoms with Crippen molar-refractivity contribution in [3.8, 4) is 0 Å². The third kappa shape index (κ3) is 1.68. The van der Waals surface area contributed by atoms with Crippen molar-refractivity contribution in [3.63, 3.8) is 0 Å². The summed E-state index contributed by atoms with van der Waals surface area (Å²) in [5.74, 6) is -1.24. The minimum atomic E-state index is -0.828. The second kappa shape index (κ2) is 2.98. The number of hydrogen-bond donors (Lipinski definition) is 3. The van der Waals surface area contributed by atoms with E-state index in [-0.39, 0.29) is 0 Å². The number of aliphatic hydroxyl groups excluding tert-OH is 1. The molecule has 0 radical (unpaired) electrons. The summed E-state index contributed by atoms with van der Waals surface area (Å²) in [6.07, 6.45) is -0.114. The van der Waals surface area contributed by atoms with Crippen molar-refractivity contribution in [2.24, 2.45) is 5.92 Å². The largest absolute Gasteiger partial charge is 0.481 e. The average Bonchev–Trinajstić information content (AvgIpc) is 1.88. The van der Waals surface area contributed by atoms with Crippen LogP contribution in [0.25, 0.3) is 0 Å². The van der Waals surface area contributed by atoms with E-state index in [4.69, 9.17) is 10.2 Å². The van der Waals surface area contributed by atoms with E-state index in [1.165, 1.54) is 0 Å². The highest BCUT2D eigenvalue weighted by Gasteiger charge is 2.24. The summed E-state index contributed by atoms with van der Waals surface area (Å²) in [4.78, 5) is 10.3. The van der Waals surface area contributed by atoms with Crippen LogP contribution in [0.4, 0.5) is 0 Å². The molecule has 4 heteroatoms. The number of hydrogen-bond acceptors (Lipinski definition) is 3.